The summed E-state index contributed by atoms with van der Waals surface area (Å²) in [6.07, 6.45) is 5.11. The number of likely N-dealkylation sites (N-methyl/N-ethyl adjacent to an activating group) is 1. The maximum Gasteiger partial charge on any atom is 0.0701 e. The van der Waals surface area contributed by atoms with Crippen LogP contribution in [0.5, 0.6) is 0 Å². The van der Waals surface area contributed by atoms with Gasteiger partial charge in [0, 0.05) is 25.4 Å². The molecule has 0 aromatic carbocycles. The first-order valence-corrected chi connectivity index (χ1v) is 6.64. The highest BCUT2D eigenvalue weighted by molar-refractivity contribution is 5.10. The van der Waals surface area contributed by atoms with E-state index in [9.17, 15) is 0 Å². The molecule has 0 radical (unpaired) electrons. The predicted molar refractivity (Wildman–Crippen MR) is 71.6 cm³/mol. The van der Waals surface area contributed by atoms with Crippen LogP contribution in [-0.4, -0.2) is 43.3 Å². The molecule has 18 heavy (non-hydrogen) atoms. The lowest BCUT2D eigenvalue weighted by molar-refractivity contribution is 0.0588. The molecule has 0 spiro atoms. The molecule has 1 aromatic heterocycles. The number of hydrogen-bond donors (Lipinski definition) is 1. The first kappa shape index (κ1) is 15.1. The highest BCUT2D eigenvalue weighted by Gasteiger charge is 2.12. The van der Waals surface area contributed by atoms with Crippen molar-refractivity contribution in [1.82, 2.24) is 15.1 Å². The Morgan fingerprint density at radius 2 is 2.22 bits per heavy atom. The van der Waals surface area contributed by atoms with Gasteiger partial charge in [0.15, 0.2) is 0 Å². The number of aromatic nitrogens is 2. The number of ether oxygens (including phenoxy) is 2. The second kappa shape index (κ2) is 9.08. The quantitative estimate of drug-likeness (QED) is 0.645. The molecule has 0 fully saturated rings. The first-order valence-electron chi connectivity index (χ1n) is 6.64. The molecule has 1 rings (SSSR count). The summed E-state index contributed by atoms with van der Waals surface area (Å²) in [4.78, 5) is 0. The van der Waals surface area contributed by atoms with Gasteiger partial charge in [-0.15, -0.1) is 0 Å². The van der Waals surface area contributed by atoms with Gasteiger partial charge in [-0.1, -0.05) is 13.8 Å². The van der Waals surface area contributed by atoms with Gasteiger partial charge < -0.3 is 14.8 Å². The Balaban J connectivity index is 2.48. The zero-order chi connectivity index (χ0) is 13.2. The van der Waals surface area contributed by atoms with Crippen molar-refractivity contribution in [1.29, 1.82) is 0 Å². The Morgan fingerprint density at radius 1 is 1.39 bits per heavy atom. The topological polar surface area (TPSA) is 48.3 Å². The van der Waals surface area contributed by atoms with Gasteiger partial charge in [-0.2, -0.15) is 5.10 Å². The van der Waals surface area contributed by atoms with Crippen molar-refractivity contribution in [3.63, 3.8) is 0 Å². The van der Waals surface area contributed by atoms with E-state index in [1.165, 1.54) is 5.56 Å². The Labute approximate surface area is 109 Å². The molecule has 104 valence electrons. The molecule has 0 saturated heterocycles. The summed E-state index contributed by atoms with van der Waals surface area (Å²) in [6.45, 7) is 8.03. The fraction of sp³-hybridized carbons (Fsp3) is 0.769. The highest BCUT2D eigenvalue weighted by atomic mass is 16.5. The van der Waals surface area contributed by atoms with E-state index in [0.29, 0.717) is 19.8 Å². The lowest BCUT2D eigenvalue weighted by Gasteiger charge is -2.16. The van der Waals surface area contributed by atoms with E-state index in [-0.39, 0.29) is 6.04 Å². The van der Waals surface area contributed by atoms with E-state index >= 15 is 0 Å². The smallest absolute Gasteiger partial charge is 0.0701 e. The number of nitrogens with zero attached hydrogens (tertiary/aromatic N) is 2. The number of aryl methyl sites for hydroxylation is 1. The predicted octanol–water partition coefficient (Wildman–Crippen LogP) is 1.61. The average molecular weight is 255 g/mol. The molecule has 0 aliphatic carbocycles. The second-order valence-corrected chi connectivity index (χ2v) is 4.21. The van der Waals surface area contributed by atoms with Gasteiger partial charge in [-0.25, -0.2) is 0 Å². The van der Waals surface area contributed by atoms with Gasteiger partial charge >= 0.3 is 0 Å². The summed E-state index contributed by atoms with van der Waals surface area (Å²) in [7, 11) is 1.68. The monoisotopic (exact) mass is 255 g/mol. The fourth-order valence-corrected chi connectivity index (χ4v) is 1.77. The Morgan fingerprint density at radius 3 is 2.89 bits per heavy atom. The number of hydrogen-bond acceptors (Lipinski definition) is 4. The number of nitrogens with one attached hydrogen (secondary N) is 1. The van der Waals surface area contributed by atoms with Crippen LogP contribution >= 0.6 is 0 Å². The average Bonchev–Trinajstić information content (AvgIpc) is 2.82. The summed E-state index contributed by atoms with van der Waals surface area (Å²) in [5.41, 5.74) is 1.18. The maximum absolute atomic E-state index is 5.59. The van der Waals surface area contributed by atoms with E-state index in [1.54, 1.807) is 7.11 Å². The molecular weight excluding hydrogens is 230 g/mol. The van der Waals surface area contributed by atoms with Gasteiger partial charge in [0.25, 0.3) is 0 Å². The first-order chi connectivity index (χ1) is 8.81. The molecule has 0 aliphatic rings. The van der Waals surface area contributed by atoms with Gasteiger partial charge in [0.05, 0.1) is 32.1 Å². The third kappa shape index (κ3) is 5.16. The SMILES string of the molecule is CCCn1cc(C(COCCOC)NCC)cn1. The van der Waals surface area contributed by atoms with Crippen LogP contribution in [0.15, 0.2) is 12.4 Å². The molecule has 0 saturated carbocycles. The highest BCUT2D eigenvalue weighted by Crippen LogP contribution is 2.12. The Hall–Kier alpha value is -0.910. The maximum atomic E-state index is 5.59. The van der Waals surface area contributed by atoms with Crippen LogP contribution in [0, 0.1) is 0 Å². The van der Waals surface area contributed by atoms with Crippen molar-refractivity contribution in [3.8, 4) is 0 Å². The third-order valence-electron chi connectivity index (χ3n) is 2.68. The number of methoxy groups -OCH3 is 1. The molecule has 1 aromatic rings. The Kier molecular flexibility index (Phi) is 7.64. The molecule has 5 nitrogen and oxygen atoms in total. The van der Waals surface area contributed by atoms with E-state index in [0.717, 1.165) is 19.5 Å². The van der Waals surface area contributed by atoms with E-state index in [2.05, 4.69) is 30.5 Å². The van der Waals surface area contributed by atoms with Crippen LogP contribution < -0.4 is 5.32 Å². The lowest BCUT2D eigenvalue weighted by Crippen LogP contribution is -2.25. The van der Waals surface area contributed by atoms with Crippen LogP contribution in [0.3, 0.4) is 0 Å². The Bertz CT molecular complexity index is 315. The van der Waals surface area contributed by atoms with Crippen LogP contribution in [0.25, 0.3) is 0 Å². The van der Waals surface area contributed by atoms with Gasteiger partial charge in [0.1, 0.15) is 0 Å². The van der Waals surface area contributed by atoms with Crippen LogP contribution in [0.1, 0.15) is 31.9 Å². The summed E-state index contributed by atoms with van der Waals surface area (Å²) in [5, 5.41) is 7.76. The second-order valence-electron chi connectivity index (χ2n) is 4.21. The van der Waals surface area contributed by atoms with E-state index in [4.69, 9.17) is 9.47 Å². The minimum Gasteiger partial charge on any atom is -0.382 e. The van der Waals surface area contributed by atoms with Crippen LogP contribution in [-0.2, 0) is 16.0 Å². The van der Waals surface area contributed by atoms with Crippen molar-refractivity contribution in [2.75, 3.05) is 33.5 Å². The van der Waals surface area contributed by atoms with Crippen molar-refractivity contribution in [2.45, 2.75) is 32.9 Å². The minimum absolute atomic E-state index is 0.206. The molecular formula is C13H25N3O2. The van der Waals surface area contributed by atoms with Crippen molar-refractivity contribution < 1.29 is 9.47 Å². The van der Waals surface area contributed by atoms with Crippen molar-refractivity contribution >= 4 is 0 Å². The number of rotatable bonds is 10. The summed E-state index contributed by atoms with van der Waals surface area (Å²) < 4.78 is 12.5. The van der Waals surface area contributed by atoms with Gasteiger partial charge in [0.2, 0.25) is 0 Å². The molecule has 5 heteroatoms. The zero-order valence-electron chi connectivity index (χ0n) is 11.7. The third-order valence-corrected chi connectivity index (χ3v) is 2.68. The van der Waals surface area contributed by atoms with E-state index < -0.39 is 0 Å². The van der Waals surface area contributed by atoms with Crippen LogP contribution in [0.4, 0.5) is 0 Å². The normalized spacial score (nSPS) is 12.8. The summed E-state index contributed by atoms with van der Waals surface area (Å²) in [5.74, 6) is 0. The van der Waals surface area contributed by atoms with Crippen molar-refractivity contribution in [2.24, 2.45) is 0 Å². The summed E-state index contributed by atoms with van der Waals surface area (Å²) >= 11 is 0. The molecule has 1 unspecified atom stereocenters. The molecule has 0 bridgehead atoms. The van der Waals surface area contributed by atoms with E-state index in [1.807, 2.05) is 10.9 Å². The van der Waals surface area contributed by atoms with Crippen molar-refractivity contribution in [3.05, 3.63) is 18.0 Å². The minimum atomic E-state index is 0.206. The zero-order valence-corrected chi connectivity index (χ0v) is 11.7. The van der Waals surface area contributed by atoms with Gasteiger partial charge in [-0.05, 0) is 13.0 Å². The fourth-order valence-electron chi connectivity index (χ4n) is 1.77. The lowest BCUT2D eigenvalue weighted by atomic mass is 10.2. The largest absolute Gasteiger partial charge is 0.382 e. The standard InChI is InChI=1S/C13H25N3O2/c1-4-6-16-10-12(9-15-16)13(14-5-2)11-18-8-7-17-3/h9-10,13-14H,4-8,11H2,1-3H3. The molecule has 0 aliphatic heterocycles. The summed E-state index contributed by atoms with van der Waals surface area (Å²) in [6, 6.07) is 0.206. The van der Waals surface area contributed by atoms with Gasteiger partial charge in [-0.3, -0.25) is 4.68 Å². The van der Waals surface area contributed by atoms with Crippen LogP contribution in [0.2, 0.25) is 0 Å². The molecule has 0 amide bonds. The molecule has 1 N–H and O–H groups in total. The molecule has 1 heterocycles. The molecule has 1 atom stereocenters.